The van der Waals surface area contributed by atoms with Crippen molar-refractivity contribution in [2.45, 2.75) is 53.0 Å². The molecule has 0 aromatic carbocycles. The zero-order valence-corrected chi connectivity index (χ0v) is 13.2. The van der Waals surface area contributed by atoms with E-state index in [-0.39, 0.29) is 0 Å². The van der Waals surface area contributed by atoms with Crippen LogP contribution >= 0.6 is 0 Å². The quantitative estimate of drug-likeness (QED) is 0.725. The van der Waals surface area contributed by atoms with Crippen LogP contribution in [-0.4, -0.2) is 34.6 Å². The van der Waals surface area contributed by atoms with E-state index in [4.69, 9.17) is 4.74 Å². The van der Waals surface area contributed by atoms with Gasteiger partial charge in [0.25, 0.3) is 0 Å². The van der Waals surface area contributed by atoms with Crippen molar-refractivity contribution in [1.29, 1.82) is 0 Å². The number of hydrogen-bond acceptors (Lipinski definition) is 6. The van der Waals surface area contributed by atoms with Crippen LogP contribution in [-0.2, 0) is 0 Å². The minimum atomic E-state index is 0.316. The highest BCUT2D eigenvalue weighted by Crippen LogP contribution is 2.15. The molecule has 0 aliphatic rings. The van der Waals surface area contributed by atoms with Crippen LogP contribution in [0.2, 0.25) is 0 Å². The first-order valence-corrected chi connectivity index (χ1v) is 7.39. The third kappa shape index (κ3) is 5.59. The van der Waals surface area contributed by atoms with Crippen molar-refractivity contribution in [2.24, 2.45) is 5.92 Å². The Hall–Kier alpha value is -1.59. The zero-order valence-electron chi connectivity index (χ0n) is 13.2. The van der Waals surface area contributed by atoms with Gasteiger partial charge in [0.1, 0.15) is 0 Å². The molecule has 0 radical (unpaired) electrons. The molecule has 1 heterocycles. The molecule has 0 saturated heterocycles. The van der Waals surface area contributed by atoms with Crippen LogP contribution in [0.5, 0.6) is 6.01 Å². The number of nitrogens with zero attached hydrogens (tertiary/aromatic N) is 3. The molecule has 1 aromatic rings. The van der Waals surface area contributed by atoms with Crippen molar-refractivity contribution in [3.8, 4) is 6.01 Å². The third-order valence-corrected chi connectivity index (χ3v) is 3.16. The fraction of sp³-hybridized carbons (Fsp3) is 0.786. The molecule has 0 fully saturated rings. The summed E-state index contributed by atoms with van der Waals surface area (Å²) in [4.78, 5) is 12.8. The summed E-state index contributed by atoms with van der Waals surface area (Å²) >= 11 is 0. The number of ether oxygens (including phenoxy) is 1. The van der Waals surface area contributed by atoms with Crippen molar-refractivity contribution in [3.05, 3.63) is 0 Å². The van der Waals surface area contributed by atoms with Gasteiger partial charge in [0, 0.05) is 12.6 Å². The Labute approximate surface area is 121 Å². The van der Waals surface area contributed by atoms with E-state index in [1.54, 1.807) is 7.11 Å². The lowest BCUT2D eigenvalue weighted by molar-refractivity contribution is 0.379. The Kier molecular flexibility index (Phi) is 7.04. The van der Waals surface area contributed by atoms with E-state index in [2.05, 4.69) is 53.3 Å². The van der Waals surface area contributed by atoms with Crippen LogP contribution in [0.3, 0.4) is 0 Å². The first-order chi connectivity index (χ1) is 9.58. The van der Waals surface area contributed by atoms with Crippen molar-refractivity contribution in [3.63, 3.8) is 0 Å². The third-order valence-electron chi connectivity index (χ3n) is 3.16. The minimum Gasteiger partial charge on any atom is -0.467 e. The lowest BCUT2D eigenvalue weighted by Gasteiger charge is -2.18. The summed E-state index contributed by atoms with van der Waals surface area (Å²) in [7, 11) is 1.56. The number of aromatic nitrogens is 3. The van der Waals surface area contributed by atoms with Gasteiger partial charge in [-0.25, -0.2) is 0 Å². The van der Waals surface area contributed by atoms with Crippen LogP contribution in [0.4, 0.5) is 11.9 Å². The topological polar surface area (TPSA) is 72.0 Å². The Balaban J connectivity index is 2.72. The first kappa shape index (κ1) is 16.5. The summed E-state index contributed by atoms with van der Waals surface area (Å²) in [5, 5.41) is 6.47. The molecule has 0 amide bonds. The second-order valence-electron chi connectivity index (χ2n) is 5.19. The molecule has 0 aliphatic heterocycles. The predicted octanol–water partition coefficient (Wildman–Crippen LogP) is 2.94. The number of anilines is 2. The smallest absolute Gasteiger partial charge is 0.322 e. The highest BCUT2D eigenvalue weighted by Gasteiger charge is 2.11. The van der Waals surface area contributed by atoms with Crippen molar-refractivity contribution in [2.75, 3.05) is 24.3 Å². The second-order valence-corrected chi connectivity index (χ2v) is 5.19. The highest BCUT2D eigenvalue weighted by atomic mass is 16.5. The summed E-state index contributed by atoms with van der Waals surface area (Å²) in [5.74, 6) is 1.79. The Morgan fingerprint density at radius 1 is 1.10 bits per heavy atom. The van der Waals surface area contributed by atoms with Crippen LogP contribution in [0, 0.1) is 5.92 Å². The van der Waals surface area contributed by atoms with Gasteiger partial charge in [-0.15, -0.1) is 0 Å². The molecule has 0 spiro atoms. The summed E-state index contributed by atoms with van der Waals surface area (Å²) < 4.78 is 5.12. The zero-order chi connectivity index (χ0) is 15.0. The monoisotopic (exact) mass is 281 g/mol. The fourth-order valence-corrected chi connectivity index (χ4v) is 1.88. The number of nitrogens with one attached hydrogen (secondary N) is 2. The van der Waals surface area contributed by atoms with E-state index < -0.39 is 0 Å². The number of hydrogen-bond donors (Lipinski definition) is 2. The van der Waals surface area contributed by atoms with Gasteiger partial charge in [0.05, 0.1) is 7.11 Å². The molecule has 1 rings (SSSR count). The summed E-state index contributed by atoms with van der Waals surface area (Å²) in [5.41, 5.74) is 0. The van der Waals surface area contributed by atoms with E-state index in [1.165, 1.54) is 6.42 Å². The van der Waals surface area contributed by atoms with Gasteiger partial charge >= 0.3 is 6.01 Å². The van der Waals surface area contributed by atoms with E-state index in [1.807, 2.05) is 0 Å². The molecule has 0 saturated carbocycles. The van der Waals surface area contributed by atoms with Crippen LogP contribution in [0.25, 0.3) is 0 Å². The second kappa shape index (κ2) is 8.55. The molecule has 114 valence electrons. The van der Waals surface area contributed by atoms with Gasteiger partial charge in [0.2, 0.25) is 11.9 Å². The minimum absolute atomic E-state index is 0.316. The van der Waals surface area contributed by atoms with Gasteiger partial charge < -0.3 is 15.4 Å². The molecule has 2 unspecified atom stereocenters. The Morgan fingerprint density at radius 3 is 2.40 bits per heavy atom. The largest absolute Gasteiger partial charge is 0.467 e. The van der Waals surface area contributed by atoms with E-state index in [0.29, 0.717) is 29.9 Å². The van der Waals surface area contributed by atoms with Crippen molar-refractivity contribution in [1.82, 2.24) is 15.0 Å². The molecule has 20 heavy (non-hydrogen) atoms. The maximum absolute atomic E-state index is 5.12. The molecule has 2 atom stereocenters. The Morgan fingerprint density at radius 2 is 1.80 bits per heavy atom. The SMILES string of the molecule is CCCNc1nc(NC(C)CC(C)CC)nc(OC)n1. The molecular weight excluding hydrogens is 254 g/mol. The van der Waals surface area contributed by atoms with Crippen molar-refractivity contribution >= 4 is 11.9 Å². The standard InChI is InChI=1S/C14H27N5O/c1-6-8-15-12-17-13(19-14(18-12)20-5)16-11(4)9-10(3)7-2/h10-11H,6-9H2,1-5H3,(H2,15,16,17,18,19). The maximum atomic E-state index is 5.12. The molecular formula is C14H27N5O. The normalized spacial score (nSPS) is 13.7. The predicted molar refractivity (Wildman–Crippen MR) is 82.3 cm³/mol. The number of methoxy groups -OCH3 is 1. The van der Waals surface area contributed by atoms with Gasteiger partial charge in [-0.05, 0) is 25.7 Å². The van der Waals surface area contributed by atoms with E-state index in [0.717, 1.165) is 19.4 Å². The van der Waals surface area contributed by atoms with E-state index >= 15 is 0 Å². The van der Waals surface area contributed by atoms with Crippen LogP contribution in [0.1, 0.15) is 47.0 Å². The highest BCUT2D eigenvalue weighted by molar-refractivity contribution is 5.36. The van der Waals surface area contributed by atoms with Gasteiger partial charge in [-0.1, -0.05) is 27.2 Å². The summed E-state index contributed by atoms with van der Waals surface area (Å²) in [6.07, 6.45) is 3.28. The lowest BCUT2D eigenvalue weighted by Crippen LogP contribution is -2.20. The van der Waals surface area contributed by atoms with Crippen LogP contribution < -0.4 is 15.4 Å². The molecule has 6 heteroatoms. The Bertz CT molecular complexity index is 399. The van der Waals surface area contributed by atoms with Gasteiger partial charge in [-0.2, -0.15) is 15.0 Å². The van der Waals surface area contributed by atoms with Crippen molar-refractivity contribution < 1.29 is 4.74 Å². The van der Waals surface area contributed by atoms with Gasteiger partial charge in [-0.3, -0.25) is 0 Å². The maximum Gasteiger partial charge on any atom is 0.322 e. The van der Waals surface area contributed by atoms with Gasteiger partial charge in [0.15, 0.2) is 0 Å². The summed E-state index contributed by atoms with van der Waals surface area (Å²) in [6, 6.07) is 0.646. The first-order valence-electron chi connectivity index (χ1n) is 7.39. The fourth-order valence-electron chi connectivity index (χ4n) is 1.88. The molecule has 0 bridgehead atoms. The summed E-state index contributed by atoms with van der Waals surface area (Å²) in [6.45, 7) is 9.52. The number of rotatable bonds is 9. The molecule has 6 nitrogen and oxygen atoms in total. The molecule has 2 N–H and O–H groups in total. The average molecular weight is 281 g/mol. The van der Waals surface area contributed by atoms with E-state index in [9.17, 15) is 0 Å². The average Bonchev–Trinajstić information content (AvgIpc) is 2.44. The lowest BCUT2D eigenvalue weighted by atomic mass is 10.0. The van der Waals surface area contributed by atoms with Crippen LogP contribution in [0.15, 0.2) is 0 Å². The molecule has 0 aliphatic carbocycles. The molecule has 1 aromatic heterocycles.